The largest absolute Gasteiger partial charge is 0.348 e. The van der Waals surface area contributed by atoms with Gasteiger partial charge in [-0.3, -0.25) is 14.2 Å². The molecule has 0 amide bonds. The number of carbonyl (C=O) groups excluding carboxylic acids is 1. The minimum atomic E-state index is 0.00761. The van der Waals surface area contributed by atoms with Crippen LogP contribution >= 0.6 is 23.1 Å². The standard InChI is InChI=1S/C17H17N3O2S2/c1-19-8-4-6-11(19)12(21)9-23-17-18-15-14(16(22)20(17)2)10-5-3-7-13(10)24-15/h4,6,8H,3,5,7,9H2,1-2H3. The Labute approximate surface area is 147 Å². The number of carbonyl (C=O) groups is 1. The van der Waals surface area contributed by atoms with Gasteiger partial charge in [0.05, 0.1) is 16.8 Å². The van der Waals surface area contributed by atoms with Gasteiger partial charge in [-0.25, -0.2) is 4.98 Å². The Kier molecular flexibility index (Phi) is 3.85. The third-order valence-electron chi connectivity index (χ3n) is 4.47. The second-order valence-corrected chi connectivity index (χ2v) is 8.04. The van der Waals surface area contributed by atoms with Crippen molar-refractivity contribution >= 4 is 39.1 Å². The molecule has 0 aliphatic heterocycles. The van der Waals surface area contributed by atoms with E-state index in [-0.39, 0.29) is 17.1 Å². The van der Waals surface area contributed by atoms with E-state index in [9.17, 15) is 9.59 Å². The molecule has 0 N–H and O–H groups in total. The zero-order valence-corrected chi connectivity index (χ0v) is 15.2. The van der Waals surface area contributed by atoms with Crippen LogP contribution in [0, 0.1) is 0 Å². The molecule has 0 saturated carbocycles. The minimum absolute atomic E-state index is 0.00761. The highest BCUT2D eigenvalue weighted by atomic mass is 32.2. The van der Waals surface area contributed by atoms with E-state index >= 15 is 0 Å². The number of rotatable bonds is 4. The molecular formula is C17H17N3O2S2. The van der Waals surface area contributed by atoms with E-state index in [1.165, 1.54) is 22.2 Å². The molecule has 0 bridgehead atoms. The molecular weight excluding hydrogens is 342 g/mol. The van der Waals surface area contributed by atoms with Crippen LogP contribution in [0.25, 0.3) is 10.2 Å². The van der Waals surface area contributed by atoms with Crippen molar-refractivity contribution in [1.82, 2.24) is 14.1 Å². The molecule has 0 spiro atoms. The van der Waals surface area contributed by atoms with Crippen LogP contribution in [0.4, 0.5) is 0 Å². The molecule has 0 radical (unpaired) electrons. The third kappa shape index (κ3) is 2.43. The highest BCUT2D eigenvalue weighted by molar-refractivity contribution is 7.99. The van der Waals surface area contributed by atoms with E-state index in [0.717, 1.165) is 29.5 Å². The fourth-order valence-corrected chi connectivity index (χ4v) is 5.34. The smallest absolute Gasteiger partial charge is 0.262 e. The molecule has 5 nitrogen and oxygen atoms in total. The first kappa shape index (κ1) is 15.7. The Morgan fingerprint density at radius 1 is 1.38 bits per heavy atom. The summed E-state index contributed by atoms with van der Waals surface area (Å²) in [6, 6.07) is 3.66. The number of thiophene rings is 1. The Hall–Kier alpha value is -1.86. The van der Waals surface area contributed by atoms with Crippen LogP contribution in [-0.2, 0) is 26.9 Å². The van der Waals surface area contributed by atoms with Gasteiger partial charge in [0, 0.05) is 25.2 Å². The van der Waals surface area contributed by atoms with Crippen LogP contribution in [0.1, 0.15) is 27.3 Å². The third-order valence-corrected chi connectivity index (χ3v) is 6.68. The second kappa shape index (κ2) is 5.89. The van der Waals surface area contributed by atoms with Crippen LogP contribution in [-0.4, -0.2) is 25.7 Å². The predicted molar refractivity (Wildman–Crippen MR) is 97.4 cm³/mol. The first-order valence-electron chi connectivity index (χ1n) is 7.85. The summed E-state index contributed by atoms with van der Waals surface area (Å²) in [4.78, 5) is 31.8. The Morgan fingerprint density at radius 2 is 2.21 bits per heavy atom. The van der Waals surface area contributed by atoms with E-state index in [2.05, 4.69) is 4.98 Å². The summed E-state index contributed by atoms with van der Waals surface area (Å²) in [7, 11) is 3.59. The quantitative estimate of drug-likeness (QED) is 0.408. The van der Waals surface area contributed by atoms with Gasteiger partial charge < -0.3 is 4.57 Å². The summed E-state index contributed by atoms with van der Waals surface area (Å²) in [5, 5.41) is 1.39. The fourth-order valence-electron chi connectivity index (χ4n) is 3.19. The maximum atomic E-state index is 12.7. The summed E-state index contributed by atoms with van der Waals surface area (Å²) in [6.45, 7) is 0. The molecule has 124 valence electrons. The molecule has 1 aliphatic carbocycles. The van der Waals surface area contributed by atoms with Gasteiger partial charge in [0.1, 0.15) is 4.83 Å². The SMILES string of the molecule is Cn1cccc1C(=O)CSc1nc2sc3c(c2c(=O)n1C)CCC3. The van der Waals surface area contributed by atoms with Crippen molar-refractivity contribution in [3.8, 4) is 0 Å². The van der Waals surface area contributed by atoms with E-state index < -0.39 is 0 Å². The Balaban J connectivity index is 1.65. The lowest BCUT2D eigenvalue weighted by atomic mass is 10.2. The molecule has 3 aromatic heterocycles. The van der Waals surface area contributed by atoms with E-state index in [1.54, 1.807) is 23.0 Å². The highest BCUT2D eigenvalue weighted by Gasteiger charge is 2.22. The van der Waals surface area contributed by atoms with Crippen molar-refractivity contribution < 1.29 is 4.79 Å². The van der Waals surface area contributed by atoms with Crippen LogP contribution in [0.3, 0.4) is 0 Å². The molecule has 24 heavy (non-hydrogen) atoms. The molecule has 0 aromatic carbocycles. The average Bonchev–Trinajstić information content (AvgIpc) is 3.24. The van der Waals surface area contributed by atoms with Crippen molar-refractivity contribution in [3.05, 3.63) is 44.8 Å². The van der Waals surface area contributed by atoms with Crippen molar-refractivity contribution in [1.29, 1.82) is 0 Å². The lowest BCUT2D eigenvalue weighted by Gasteiger charge is -2.07. The molecule has 3 aromatic rings. The second-order valence-electron chi connectivity index (χ2n) is 6.01. The number of aromatic nitrogens is 3. The molecule has 1 aliphatic rings. The summed E-state index contributed by atoms with van der Waals surface area (Å²) in [5.74, 6) is 0.310. The number of thioether (sulfide) groups is 1. The molecule has 4 rings (SSSR count). The van der Waals surface area contributed by atoms with Crippen LogP contribution in [0.5, 0.6) is 0 Å². The van der Waals surface area contributed by atoms with Crippen molar-refractivity contribution in [2.45, 2.75) is 24.4 Å². The number of hydrogen-bond donors (Lipinski definition) is 0. The van der Waals surface area contributed by atoms with E-state index in [0.29, 0.717) is 10.9 Å². The van der Waals surface area contributed by atoms with Gasteiger partial charge in [-0.1, -0.05) is 11.8 Å². The maximum absolute atomic E-state index is 12.7. The zero-order chi connectivity index (χ0) is 16.8. The number of ketones is 1. The van der Waals surface area contributed by atoms with Gasteiger partial charge >= 0.3 is 0 Å². The van der Waals surface area contributed by atoms with E-state index in [4.69, 9.17) is 0 Å². The van der Waals surface area contributed by atoms with Gasteiger partial charge in [-0.2, -0.15) is 0 Å². The predicted octanol–water partition coefficient (Wildman–Crippen LogP) is 2.80. The minimum Gasteiger partial charge on any atom is -0.348 e. The number of fused-ring (bicyclic) bond motifs is 3. The number of aryl methyl sites for hydroxylation is 3. The molecule has 0 atom stereocenters. The lowest BCUT2D eigenvalue weighted by Crippen LogP contribution is -2.20. The Bertz CT molecular complexity index is 1010. The summed E-state index contributed by atoms with van der Waals surface area (Å²) in [6.07, 6.45) is 5.01. The van der Waals surface area contributed by atoms with Crippen molar-refractivity contribution in [2.24, 2.45) is 14.1 Å². The number of nitrogens with zero attached hydrogens (tertiary/aromatic N) is 3. The highest BCUT2D eigenvalue weighted by Crippen LogP contribution is 2.35. The van der Waals surface area contributed by atoms with Gasteiger partial charge in [-0.05, 0) is 37.0 Å². The zero-order valence-electron chi connectivity index (χ0n) is 13.5. The normalized spacial score (nSPS) is 13.6. The summed E-state index contributed by atoms with van der Waals surface area (Å²) >= 11 is 2.96. The Morgan fingerprint density at radius 3 is 2.96 bits per heavy atom. The molecule has 0 unspecified atom stereocenters. The first-order chi connectivity index (χ1) is 11.6. The lowest BCUT2D eigenvalue weighted by molar-refractivity contribution is 0.101. The van der Waals surface area contributed by atoms with Crippen molar-refractivity contribution in [2.75, 3.05) is 5.75 Å². The number of Topliss-reactive ketones (excluding diaryl/α,β-unsaturated/α-hetero) is 1. The first-order valence-corrected chi connectivity index (χ1v) is 9.65. The topological polar surface area (TPSA) is 56.9 Å². The molecule has 0 saturated heterocycles. The van der Waals surface area contributed by atoms with Crippen LogP contribution in [0.15, 0.2) is 28.3 Å². The summed E-state index contributed by atoms with van der Waals surface area (Å²) in [5.41, 5.74) is 1.87. The summed E-state index contributed by atoms with van der Waals surface area (Å²) < 4.78 is 3.39. The average molecular weight is 359 g/mol. The number of hydrogen-bond acceptors (Lipinski definition) is 5. The van der Waals surface area contributed by atoms with Gasteiger partial charge in [0.2, 0.25) is 0 Å². The van der Waals surface area contributed by atoms with Crippen LogP contribution in [0.2, 0.25) is 0 Å². The van der Waals surface area contributed by atoms with Gasteiger partial charge in [-0.15, -0.1) is 11.3 Å². The van der Waals surface area contributed by atoms with Gasteiger partial charge in [0.25, 0.3) is 5.56 Å². The van der Waals surface area contributed by atoms with Crippen LogP contribution < -0.4 is 5.56 Å². The fraction of sp³-hybridized carbons (Fsp3) is 0.353. The van der Waals surface area contributed by atoms with Crippen molar-refractivity contribution in [3.63, 3.8) is 0 Å². The van der Waals surface area contributed by atoms with Gasteiger partial charge in [0.15, 0.2) is 10.9 Å². The molecule has 3 heterocycles. The molecule has 7 heteroatoms. The molecule has 0 fully saturated rings. The monoisotopic (exact) mass is 359 g/mol. The van der Waals surface area contributed by atoms with E-state index in [1.807, 2.05) is 29.9 Å². The maximum Gasteiger partial charge on any atom is 0.262 e.